The second-order valence-corrected chi connectivity index (χ2v) is 6.97. The van der Waals surface area contributed by atoms with Gasteiger partial charge in [-0.1, -0.05) is 32.9 Å². The van der Waals surface area contributed by atoms with E-state index < -0.39 is 6.10 Å². The number of anilines is 1. The Morgan fingerprint density at radius 2 is 1.86 bits per heavy atom. The van der Waals surface area contributed by atoms with Crippen molar-refractivity contribution in [1.82, 2.24) is 5.32 Å². The highest BCUT2D eigenvalue weighted by atomic mass is 16.3. The molecule has 0 radical (unpaired) electrons. The Morgan fingerprint density at radius 3 is 2.43 bits per heavy atom. The monoisotopic (exact) mass is 292 g/mol. The van der Waals surface area contributed by atoms with E-state index in [0.29, 0.717) is 12.0 Å². The highest BCUT2D eigenvalue weighted by Gasteiger charge is 2.18. The lowest BCUT2D eigenvalue weighted by Gasteiger charge is -2.22. The Morgan fingerprint density at radius 1 is 1.24 bits per heavy atom. The molecule has 0 aliphatic carbocycles. The van der Waals surface area contributed by atoms with E-state index in [1.165, 1.54) is 0 Å². The molecule has 3 N–H and O–H groups in total. The van der Waals surface area contributed by atoms with Crippen molar-refractivity contribution in [2.75, 3.05) is 11.9 Å². The predicted octanol–water partition coefficient (Wildman–Crippen LogP) is 3.03. The van der Waals surface area contributed by atoms with Crippen molar-refractivity contribution in [3.05, 3.63) is 29.8 Å². The first kappa shape index (κ1) is 17.5. The lowest BCUT2D eigenvalue weighted by molar-refractivity contribution is 0.0869. The molecular formula is C17H28N2O2. The van der Waals surface area contributed by atoms with Crippen molar-refractivity contribution in [2.24, 2.45) is 5.41 Å². The van der Waals surface area contributed by atoms with Crippen LogP contribution in [0.25, 0.3) is 0 Å². The average molecular weight is 292 g/mol. The minimum Gasteiger partial charge on any atom is -0.391 e. The SMILES string of the molecule is CC(C)Nc1ccccc1C(=O)NCC(O)CC(C)(C)C. The zero-order chi connectivity index (χ0) is 16.0. The van der Waals surface area contributed by atoms with Crippen molar-refractivity contribution in [3.8, 4) is 0 Å². The molecule has 0 aliphatic rings. The minimum absolute atomic E-state index is 0.0429. The fraction of sp³-hybridized carbons (Fsp3) is 0.588. The van der Waals surface area contributed by atoms with Crippen LogP contribution in [0.2, 0.25) is 0 Å². The number of nitrogens with one attached hydrogen (secondary N) is 2. The van der Waals surface area contributed by atoms with E-state index in [-0.39, 0.29) is 23.9 Å². The normalized spacial score (nSPS) is 13.1. The standard InChI is InChI=1S/C17H28N2O2/c1-12(2)19-15-9-7-6-8-14(15)16(21)18-11-13(20)10-17(3,4)5/h6-9,12-13,19-20H,10-11H2,1-5H3,(H,18,21). The molecule has 4 nitrogen and oxygen atoms in total. The van der Waals surface area contributed by atoms with Crippen LogP contribution < -0.4 is 10.6 Å². The van der Waals surface area contributed by atoms with Crippen LogP contribution in [-0.4, -0.2) is 29.7 Å². The van der Waals surface area contributed by atoms with Crippen molar-refractivity contribution in [2.45, 2.75) is 53.2 Å². The van der Waals surface area contributed by atoms with Crippen LogP contribution >= 0.6 is 0 Å². The van der Waals surface area contributed by atoms with E-state index in [9.17, 15) is 9.90 Å². The van der Waals surface area contributed by atoms with Gasteiger partial charge in [0.05, 0.1) is 11.7 Å². The van der Waals surface area contributed by atoms with Crippen LogP contribution in [0, 0.1) is 5.41 Å². The number of benzene rings is 1. The highest BCUT2D eigenvalue weighted by Crippen LogP contribution is 2.20. The Kier molecular flexibility index (Phi) is 6.21. The van der Waals surface area contributed by atoms with Gasteiger partial charge in [0.25, 0.3) is 5.91 Å². The van der Waals surface area contributed by atoms with Crippen molar-refractivity contribution in [3.63, 3.8) is 0 Å². The van der Waals surface area contributed by atoms with Gasteiger partial charge < -0.3 is 15.7 Å². The molecule has 0 bridgehead atoms. The van der Waals surface area contributed by atoms with Crippen LogP contribution in [0.1, 0.15) is 51.4 Å². The summed E-state index contributed by atoms with van der Waals surface area (Å²) in [6, 6.07) is 7.67. The number of amides is 1. The molecule has 1 atom stereocenters. The molecule has 118 valence electrons. The van der Waals surface area contributed by atoms with Gasteiger partial charge in [0.1, 0.15) is 0 Å². The van der Waals surface area contributed by atoms with Crippen molar-refractivity contribution in [1.29, 1.82) is 0 Å². The number of carbonyl (C=O) groups excluding carboxylic acids is 1. The van der Waals surface area contributed by atoms with E-state index in [1.807, 2.05) is 32.0 Å². The molecule has 4 heteroatoms. The molecule has 0 saturated heterocycles. The van der Waals surface area contributed by atoms with E-state index >= 15 is 0 Å². The third-order valence-electron chi connectivity index (χ3n) is 2.96. The summed E-state index contributed by atoms with van der Waals surface area (Å²) in [6.07, 6.45) is 0.123. The minimum atomic E-state index is -0.529. The van der Waals surface area contributed by atoms with Crippen LogP contribution in [0.5, 0.6) is 0 Å². The Balaban J connectivity index is 2.64. The summed E-state index contributed by atoms with van der Waals surface area (Å²) in [5, 5.41) is 16.0. The molecule has 0 spiro atoms. The number of aliphatic hydroxyl groups excluding tert-OH is 1. The zero-order valence-corrected chi connectivity index (χ0v) is 13.7. The van der Waals surface area contributed by atoms with Gasteiger partial charge in [-0.2, -0.15) is 0 Å². The summed E-state index contributed by atoms with van der Waals surface area (Å²) in [6.45, 7) is 10.5. The zero-order valence-electron chi connectivity index (χ0n) is 13.7. The van der Waals surface area contributed by atoms with Gasteiger partial charge in [-0.05, 0) is 37.8 Å². The first-order valence-electron chi connectivity index (χ1n) is 7.51. The molecule has 0 fully saturated rings. The molecule has 1 unspecified atom stereocenters. The van der Waals surface area contributed by atoms with E-state index in [1.54, 1.807) is 6.07 Å². The molecule has 0 saturated carbocycles. The Bertz CT molecular complexity index is 464. The predicted molar refractivity (Wildman–Crippen MR) is 87.6 cm³/mol. The molecular weight excluding hydrogens is 264 g/mol. The topological polar surface area (TPSA) is 61.4 Å². The van der Waals surface area contributed by atoms with Crippen LogP contribution in [0.3, 0.4) is 0 Å². The molecule has 1 amide bonds. The highest BCUT2D eigenvalue weighted by molar-refractivity contribution is 5.99. The third-order valence-corrected chi connectivity index (χ3v) is 2.96. The fourth-order valence-electron chi connectivity index (χ4n) is 2.20. The largest absolute Gasteiger partial charge is 0.391 e. The Hall–Kier alpha value is -1.55. The molecule has 1 rings (SSSR count). The number of hydrogen-bond donors (Lipinski definition) is 3. The second kappa shape index (κ2) is 7.46. The quantitative estimate of drug-likeness (QED) is 0.755. The first-order chi connectivity index (χ1) is 9.69. The average Bonchev–Trinajstić information content (AvgIpc) is 2.34. The van der Waals surface area contributed by atoms with Gasteiger partial charge in [-0.3, -0.25) is 4.79 Å². The van der Waals surface area contributed by atoms with Gasteiger partial charge in [0, 0.05) is 18.3 Å². The van der Waals surface area contributed by atoms with Gasteiger partial charge in [0.2, 0.25) is 0 Å². The van der Waals surface area contributed by atoms with Crippen molar-refractivity contribution < 1.29 is 9.90 Å². The lowest BCUT2D eigenvalue weighted by atomic mass is 9.89. The summed E-state index contributed by atoms with van der Waals surface area (Å²) in [4.78, 5) is 12.3. The molecule has 0 aromatic heterocycles. The maximum Gasteiger partial charge on any atom is 0.253 e. The summed E-state index contributed by atoms with van der Waals surface area (Å²) in [5.41, 5.74) is 1.46. The summed E-state index contributed by atoms with van der Waals surface area (Å²) in [5.74, 6) is -0.160. The second-order valence-electron chi connectivity index (χ2n) is 6.97. The summed E-state index contributed by atoms with van der Waals surface area (Å²) in [7, 11) is 0. The number of hydrogen-bond acceptors (Lipinski definition) is 3. The molecule has 0 heterocycles. The van der Waals surface area contributed by atoms with Crippen LogP contribution in [0.15, 0.2) is 24.3 Å². The number of aliphatic hydroxyl groups is 1. The number of carbonyl (C=O) groups is 1. The Labute approximate surface area is 128 Å². The van der Waals surface area contributed by atoms with Crippen LogP contribution in [0.4, 0.5) is 5.69 Å². The smallest absolute Gasteiger partial charge is 0.253 e. The van der Waals surface area contributed by atoms with E-state index in [0.717, 1.165) is 5.69 Å². The first-order valence-corrected chi connectivity index (χ1v) is 7.51. The summed E-state index contributed by atoms with van der Waals surface area (Å²) < 4.78 is 0. The van der Waals surface area contributed by atoms with Gasteiger partial charge >= 0.3 is 0 Å². The fourth-order valence-corrected chi connectivity index (χ4v) is 2.20. The van der Waals surface area contributed by atoms with Crippen LogP contribution in [-0.2, 0) is 0 Å². The summed E-state index contributed by atoms with van der Waals surface area (Å²) >= 11 is 0. The molecule has 0 aliphatic heterocycles. The molecule has 21 heavy (non-hydrogen) atoms. The number of para-hydroxylation sites is 1. The van der Waals surface area contributed by atoms with Gasteiger partial charge in [-0.25, -0.2) is 0 Å². The maximum atomic E-state index is 12.3. The number of rotatable bonds is 6. The van der Waals surface area contributed by atoms with E-state index in [4.69, 9.17) is 0 Å². The van der Waals surface area contributed by atoms with Crippen molar-refractivity contribution >= 4 is 11.6 Å². The van der Waals surface area contributed by atoms with Gasteiger partial charge in [0.15, 0.2) is 0 Å². The van der Waals surface area contributed by atoms with E-state index in [2.05, 4.69) is 31.4 Å². The molecule has 1 aromatic carbocycles. The maximum absolute atomic E-state index is 12.3. The molecule has 1 aromatic rings. The third kappa shape index (κ3) is 6.63. The van der Waals surface area contributed by atoms with Gasteiger partial charge in [-0.15, -0.1) is 0 Å². The lowest BCUT2D eigenvalue weighted by Crippen LogP contribution is -2.34.